The smallest absolute Gasteiger partial charge is 0.226 e. The summed E-state index contributed by atoms with van der Waals surface area (Å²) in [5, 5.41) is 4.07. The average molecular weight is 312 g/mol. The van der Waals surface area contributed by atoms with Crippen molar-refractivity contribution in [2.75, 3.05) is 44.4 Å². The Hall–Kier alpha value is -0.630. The predicted octanol–water partition coefficient (Wildman–Crippen LogP) is 1.09. The molecule has 21 heavy (non-hydrogen) atoms. The number of thioether (sulfide) groups is 1. The molecule has 0 aromatic carbocycles. The highest BCUT2D eigenvalue weighted by Crippen LogP contribution is 2.25. The second-order valence-electron chi connectivity index (χ2n) is 5.83. The molecule has 1 atom stereocenters. The molecule has 7 heteroatoms. The van der Waals surface area contributed by atoms with Crippen molar-refractivity contribution in [3.05, 3.63) is 11.7 Å². The second kappa shape index (κ2) is 7.58. The molecule has 0 amide bonds. The minimum Gasteiger partial charge on any atom is -0.379 e. The third-order valence-corrected chi connectivity index (χ3v) is 5.23. The fraction of sp³-hybridized carbons (Fsp3) is 0.857. The monoisotopic (exact) mass is 312 g/mol. The van der Waals surface area contributed by atoms with Crippen molar-refractivity contribution in [1.82, 2.24) is 15.0 Å². The molecule has 2 aliphatic heterocycles. The maximum atomic E-state index is 6.20. The maximum Gasteiger partial charge on any atom is 0.226 e. The number of hydrogen-bond donors (Lipinski definition) is 1. The first-order valence-electron chi connectivity index (χ1n) is 7.77. The maximum absolute atomic E-state index is 6.20. The van der Waals surface area contributed by atoms with E-state index in [1.807, 2.05) is 11.8 Å². The highest BCUT2D eigenvalue weighted by atomic mass is 32.2. The molecule has 3 heterocycles. The topological polar surface area (TPSA) is 77.4 Å². The largest absolute Gasteiger partial charge is 0.379 e. The van der Waals surface area contributed by atoms with Crippen LogP contribution in [-0.4, -0.2) is 59.4 Å². The van der Waals surface area contributed by atoms with Gasteiger partial charge < -0.3 is 15.0 Å². The molecule has 2 aliphatic rings. The van der Waals surface area contributed by atoms with E-state index in [0.717, 1.165) is 45.2 Å². The minimum absolute atomic E-state index is 0.178. The van der Waals surface area contributed by atoms with Gasteiger partial charge in [0.25, 0.3) is 0 Å². The van der Waals surface area contributed by atoms with Crippen molar-refractivity contribution >= 4 is 11.8 Å². The molecule has 1 aromatic rings. The van der Waals surface area contributed by atoms with Gasteiger partial charge in [0.1, 0.15) is 0 Å². The second-order valence-corrected chi connectivity index (χ2v) is 7.05. The van der Waals surface area contributed by atoms with E-state index in [0.29, 0.717) is 11.7 Å². The molecular weight excluding hydrogens is 288 g/mol. The Balaban J connectivity index is 1.50. The summed E-state index contributed by atoms with van der Waals surface area (Å²) in [4.78, 5) is 6.80. The number of nitrogens with zero attached hydrogens (tertiary/aromatic N) is 3. The molecule has 1 unspecified atom stereocenters. The SMILES string of the molecule is NC(CN1CCOCC1)c1noc(CC2CCSCC2)n1. The van der Waals surface area contributed by atoms with Crippen molar-refractivity contribution in [2.45, 2.75) is 25.3 Å². The standard InChI is InChI=1S/C14H24N4O2S/c15-12(10-18-3-5-19-6-4-18)14-16-13(20-17-14)9-11-1-7-21-8-2-11/h11-12H,1-10,15H2. The van der Waals surface area contributed by atoms with Crippen LogP contribution in [0.5, 0.6) is 0 Å². The molecule has 0 radical (unpaired) electrons. The third-order valence-electron chi connectivity index (χ3n) is 4.18. The Bertz CT molecular complexity index is 430. The number of aromatic nitrogens is 2. The molecule has 2 N–H and O–H groups in total. The number of morpholine rings is 1. The van der Waals surface area contributed by atoms with Gasteiger partial charge in [-0.3, -0.25) is 4.90 Å². The lowest BCUT2D eigenvalue weighted by Gasteiger charge is -2.27. The summed E-state index contributed by atoms with van der Waals surface area (Å²) in [5.41, 5.74) is 6.20. The Kier molecular flexibility index (Phi) is 5.51. The lowest BCUT2D eigenvalue weighted by molar-refractivity contribution is 0.0348. The average Bonchev–Trinajstić information content (AvgIpc) is 2.98. The minimum atomic E-state index is -0.178. The van der Waals surface area contributed by atoms with Crippen LogP contribution in [0.3, 0.4) is 0 Å². The van der Waals surface area contributed by atoms with Crippen molar-refractivity contribution in [3.8, 4) is 0 Å². The van der Waals surface area contributed by atoms with E-state index in [1.165, 1.54) is 24.3 Å². The van der Waals surface area contributed by atoms with E-state index in [1.54, 1.807) is 0 Å². The van der Waals surface area contributed by atoms with E-state index in [4.69, 9.17) is 15.0 Å². The zero-order valence-electron chi connectivity index (χ0n) is 12.4. The van der Waals surface area contributed by atoms with E-state index < -0.39 is 0 Å². The lowest BCUT2D eigenvalue weighted by atomic mass is 9.99. The van der Waals surface area contributed by atoms with Gasteiger partial charge in [0.2, 0.25) is 5.89 Å². The Morgan fingerprint density at radius 3 is 2.81 bits per heavy atom. The quantitative estimate of drug-likeness (QED) is 0.872. The Morgan fingerprint density at radius 1 is 1.29 bits per heavy atom. The first-order valence-corrected chi connectivity index (χ1v) is 8.92. The van der Waals surface area contributed by atoms with Crippen molar-refractivity contribution < 1.29 is 9.26 Å². The summed E-state index contributed by atoms with van der Waals surface area (Å²) >= 11 is 2.04. The molecule has 0 aliphatic carbocycles. The lowest BCUT2D eigenvalue weighted by Crippen LogP contribution is -2.40. The number of rotatable bonds is 5. The summed E-state index contributed by atoms with van der Waals surface area (Å²) in [6, 6.07) is -0.178. The van der Waals surface area contributed by atoms with E-state index in [9.17, 15) is 0 Å². The van der Waals surface area contributed by atoms with Crippen LogP contribution in [0, 0.1) is 5.92 Å². The fourth-order valence-corrected chi connectivity index (χ4v) is 4.05. The van der Waals surface area contributed by atoms with Crippen LogP contribution >= 0.6 is 11.8 Å². The number of ether oxygens (including phenoxy) is 1. The summed E-state index contributed by atoms with van der Waals surface area (Å²) in [6.07, 6.45) is 3.41. The van der Waals surface area contributed by atoms with Gasteiger partial charge in [-0.15, -0.1) is 0 Å². The molecular formula is C14H24N4O2S. The van der Waals surface area contributed by atoms with Crippen LogP contribution in [0.1, 0.15) is 30.6 Å². The first kappa shape index (κ1) is 15.3. The summed E-state index contributed by atoms with van der Waals surface area (Å²) in [7, 11) is 0. The van der Waals surface area contributed by atoms with Crippen molar-refractivity contribution in [3.63, 3.8) is 0 Å². The van der Waals surface area contributed by atoms with Crippen LogP contribution in [-0.2, 0) is 11.2 Å². The molecule has 3 rings (SSSR count). The van der Waals surface area contributed by atoms with Gasteiger partial charge in [-0.05, 0) is 30.3 Å². The molecule has 1 aromatic heterocycles. The molecule has 118 valence electrons. The van der Waals surface area contributed by atoms with Crippen LogP contribution < -0.4 is 5.73 Å². The normalized spacial score (nSPS) is 23.3. The Labute approximate surface area is 129 Å². The highest BCUT2D eigenvalue weighted by molar-refractivity contribution is 7.99. The zero-order valence-corrected chi connectivity index (χ0v) is 13.2. The van der Waals surface area contributed by atoms with Crippen LogP contribution in [0.15, 0.2) is 4.52 Å². The molecule has 0 spiro atoms. The zero-order chi connectivity index (χ0) is 14.5. The van der Waals surface area contributed by atoms with Gasteiger partial charge in [0.05, 0.1) is 19.3 Å². The van der Waals surface area contributed by atoms with Gasteiger partial charge in [-0.25, -0.2) is 0 Å². The first-order chi connectivity index (χ1) is 10.3. The van der Waals surface area contributed by atoms with Crippen molar-refractivity contribution in [2.24, 2.45) is 11.7 Å². The van der Waals surface area contributed by atoms with Gasteiger partial charge in [0.15, 0.2) is 5.82 Å². The Morgan fingerprint density at radius 2 is 2.05 bits per heavy atom. The molecule has 2 saturated heterocycles. The number of hydrogen-bond acceptors (Lipinski definition) is 7. The number of nitrogens with two attached hydrogens (primary N) is 1. The van der Waals surface area contributed by atoms with Gasteiger partial charge >= 0.3 is 0 Å². The van der Waals surface area contributed by atoms with Crippen LogP contribution in [0.2, 0.25) is 0 Å². The van der Waals surface area contributed by atoms with Crippen LogP contribution in [0.4, 0.5) is 0 Å². The van der Waals surface area contributed by atoms with Gasteiger partial charge in [0, 0.05) is 26.1 Å². The van der Waals surface area contributed by atoms with E-state index in [-0.39, 0.29) is 6.04 Å². The third kappa shape index (κ3) is 4.42. The highest BCUT2D eigenvalue weighted by Gasteiger charge is 2.21. The van der Waals surface area contributed by atoms with E-state index >= 15 is 0 Å². The molecule has 6 nitrogen and oxygen atoms in total. The predicted molar refractivity (Wildman–Crippen MR) is 82.2 cm³/mol. The summed E-state index contributed by atoms with van der Waals surface area (Å²) < 4.78 is 10.7. The molecule has 0 bridgehead atoms. The molecule has 2 fully saturated rings. The van der Waals surface area contributed by atoms with Gasteiger partial charge in [-0.2, -0.15) is 16.7 Å². The summed E-state index contributed by atoms with van der Waals surface area (Å²) in [6.45, 7) is 4.19. The van der Waals surface area contributed by atoms with Gasteiger partial charge in [-0.1, -0.05) is 5.16 Å². The summed E-state index contributed by atoms with van der Waals surface area (Å²) in [5.74, 6) is 4.58. The van der Waals surface area contributed by atoms with Crippen molar-refractivity contribution in [1.29, 1.82) is 0 Å². The molecule has 0 saturated carbocycles. The fourth-order valence-electron chi connectivity index (χ4n) is 2.84. The van der Waals surface area contributed by atoms with E-state index in [2.05, 4.69) is 15.0 Å². The van der Waals surface area contributed by atoms with Crippen LogP contribution in [0.25, 0.3) is 0 Å².